The van der Waals surface area contributed by atoms with Crippen LogP contribution in [0, 0.1) is 40.4 Å². The van der Waals surface area contributed by atoms with Crippen molar-refractivity contribution in [1.82, 2.24) is 9.80 Å². The average Bonchev–Trinajstić information content (AvgIpc) is 3.08. The molecule has 1 saturated heterocycles. The highest BCUT2D eigenvalue weighted by molar-refractivity contribution is 6.00. The standard InChI is InChI=1S/C25H41N3O3/c1-6-28(7-2)23(31)19-10-9-17-15-8-11-20-25(4,18(15)12-13-24(17,19)3)14-16(21(26)29)22(30)27(20)5/h15-20H,6-14H2,1-5H3,(H2,26,29)/t15-,16?,17-,18-,19?,20+,24-,25+/m0/s1. The molecular weight excluding hydrogens is 390 g/mol. The zero-order valence-corrected chi connectivity index (χ0v) is 20.0. The number of hydrogen-bond acceptors (Lipinski definition) is 3. The Morgan fingerprint density at radius 2 is 1.68 bits per heavy atom. The molecular formula is C25H41N3O3. The van der Waals surface area contributed by atoms with Crippen LogP contribution in [-0.4, -0.2) is 53.7 Å². The van der Waals surface area contributed by atoms with Crippen molar-refractivity contribution in [1.29, 1.82) is 0 Å². The Balaban J connectivity index is 1.62. The third-order valence-electron chi connectivity index (χ3n) is 10.3. The lowest BCUT2D eigenvalue weighted by Gasteiger charge is -2.62. The van der Waals surface area contributed by atoms with Gasteiger partial charge in [-0.2, -0.15) is 0 Å². The molecule has 3 aliphatic carbocycles. The third-order valence-corrected chi connectivity index (χ3v) is 10.3. The van der Waals surface area contributed by atoms with E-state index in [0.717, 1.165) is 51.6 Å². The Labute approximate surface area is 187 Å². The molecule has 0 aromatic rings. The first-order valence-electron chi connectivity index (χ1n) is 12.4. The molecule has 4 aliphatic rings. The minimum Gasteiger partial charge on any atom is -0.369 e. The first-order valence-corrected chi connectivity index (χ1v) is 12.4. The number of fused-ring (bicyclic) bond motifs is 5. The van der Waals surface area contributed by atoms with Crippen LogP contribution in [0.15, 0.2) is 0 Å². The molecule has 1 aliphatic heterocycles. The highest BCUT2D eigenvalue weighted by atomic mass is 16.2. The van der Waals surface area contributed by atoms with Gasteiger partial charge in [-0.3, -0.25) is 14.4 Å². The molecule has 2 unspecified atom stereocenters. The van der Waals surface area contributed by atoms with Crippen LogP contribution in [-0.2, 0) is 14.4 Å². The van der Waals surface area contributed by atoms with Gasteiger partial charge in [-0.05, 0) is 87.4 Å². The average molecular weight is 432 g/mol. The SMILES string of the molecule is CCN(CC)C(=O)C1CC[C@H]2[C@@H]3CC[C@H]4N(C)C(=O)C(C(N)=O)C[C@]4(C)[C@H]3CC[C@]12C. The lowest BCUT2D eigenvalue weighted by molar-refractivity contribution is -0.171. The maximum Gasteiger partial charge on any atom is 0.235 e. The molecule has 2 N–H and O–H groups in total. The van der Waals surface area contributed by atoms with E-state index >= 15 is 0 Å². The van der Waals surface area contributed by atoms with E-state index in [0.29, 0.717) is 30.1 Å². The number of rotatable bonds is 4. The Kier molecular flexibility index (Phi) is 5.66. The Hall–Kier alpha value is -1.59. The van der Waals surface area contributed by atoms with E-state index < -0.39 is 11.8 Å². The molecule has 3 saturated carbocycles. The molecule has 6 nitrogen and oxygen atoms in total. The number of nitrogens with zero attached hydrogens (tertiary/aromatic N) is 2. The van der Waals surface area contributed by atoms with Gasteiger partial charge >= 0.3 is 0 Å². The van der Waals surface area contributed by atoms with E-state index in [-0.39, 0.29) is 28.7 Å². The van der Waals surface area contributed by atoms with Crippen molar-refractivity contribution in [2.24, 2.45) is 46.2 Å². The highest BCUT2D eigenvalue weighted by Crippen LogP contribution is 2.66. The maximum atomic E-state index is 13.3. The second-order valence-corrected chi connectivity index (χ2v) is 11.3. The van der Waals surface area contributed by atoms with E-state index in [1.807, 2.05) is 16.8 Å². The number of likely N-dealkylation sites (tertiary alicyclic amines) is 1. The minimum atomic E-state index is -0.695. The molecule has 0 bridgehead atoms. The Morgan fingerprint density at radius 3 is 2.29 bits per heavy atom. The van der Waals surface area contributed by atoms with Crippen molar-refractivity contribution in [3.63, 3.8) is 0 Å². The van der Waals surface area contributed by atoms with Crippen molar-refractivity contribution in [3.05, 3.63) is 0 Å². The molecule has 0 spiro atoms. The summed E-state index contributed by atoms with van der Waals surface area (Å²) in [4.78, 5) is 42.1. The van der Waals surface area contributed by atoms with Crippen LogP contribution in [0.25, 0.3) is 0 Å². The second-order valence-electron chi connectivity index (χ2n) is 11.3. The maximum absolute atomic E-state index is 13.3. The van der Waals surface area contributed by atoms with Crippen molar-refractivity contribution in [2.45, 2.75) is 78.7 Å². The summed E-state index contributed by atoms with van der Waals surface area (Å²) in [7, 11) is 1.86. The van der Waals surface area contributed by atoms with Gasteiger partial charge in [0, 0.05) is 32.1 Å². The van der Waals surface area contributed by atoms with Gasteiger partial charge in [0.25, 0.3) is 0 Å². The predicted molar refractivity (Wildman–Crippen MR) is 120 cm³/mol. The lowest BCUT2D eigenvalue weighted by Crippen LogP contribution is -2.64. The number of carbonyl (C=O) groups excluding carboxylic acids is 3. The Morgan fingerprint density at radius 1 is 1.03 bits per heavy atom. The van der Waals surface area contributed by atoms with Gasteiger partial charge in [-0.1, -0.05) is 13.8 Å². The van der Waals surface area contributed by atoms with Crippen molar-refractivity contribution < 1.29 is 14.4 Å². The second kappa shape index (κ2) is 7.77. The number of carbonyl (C=O) groups is 3. The van der Waals surface area contributed by atoms with Crippen LogP contribution >= 0.6 is 0 Å². The molecule has 8 atom stereocenters. The van der Waals surface area contributed by atoms with Crippen LogP contribution in [0.3, 0.4) is 0 Å². The monoisotopic (exact) mass is 431 g/mol. The van der Waals surface area contributed by atoms with Gasteiger partial charge in [0.15, 0.2) is 0 Å². The van der Waals surface area contributed by atoms with Crippen LogP contribution in [0.5, 0.6) is 0 Å². The first-order chi connectivity index (χ1) is 14.6. The topological polar surface area (TPSA) is 83.7 Å². The number of nitrogens with two attached hydrogens (primary N) is 1. The molecule has 0 aromatic carbocycles. The fourth-order valence-electron chi connectivity index (χ4n) is 8.67. The summed E-state index contributed by atoms with van der Waals surface area (Å²) in [5.74, 6) is 0.837. The summed E-state index contributed by atoms with van der Waals surface area (Å²) in [6.07, 6.45) is 6.98. The summed E-state index contributed by atoms with van der Waals surface area (Å²) >= 11 is 0. The summed E-state index contributed by atoms with van der Waals surface area (Å²) in [5, 5.41) is 0. The first kappa shape index (κ1) is 22.6. The van der Waals surface area contributed by atoms with Gasteiger partial charge in [-0.25, -0.2) is 0 Å². The number of piperidine rings is 1. The third kappa shape index (κ3) is 3.14. The fourth-order valence-corrected chi connectivity index (χ4v) is 8.67. The highest BCUT2D eigenvalue weighted by Gasteiger charge is 2.63. The van der Waals surface area contributed by atoms with Crippen LogP contribution in [0.1, 0.15) is 72.6 Å². The van der Waals surface area contributed by atoms with E-state index in [1.54, 1.807) is 0 Å². The van der Waals surface area contributed by atoms with Gasteiger partial charge in [-0.15, -0.1) is 0 Å². The van der Waals surface area contributed by atoms with Crippen LogP contribution in [0.2, 0.25) is 0 Å². The molecule has 3 amide bonds. The summed E-state index contributed by atoms with van der Waals surface area (Å²) in [6, 6.07) is 0.190. The molecule has 0 radical (unpaired) electrons. The molecule has 6 heteroatoms. The summed E-state index contributed by atoms with van der Waals surface area (Å²) in [5.41, 5.74) is 5.65. The molecule has 174 valence electrons. The molecule has 31 heavy (non-hydrogen) atoms. The van der Waals surface area contributed by atoms with Crippen LogP contribution < -0.4 is 5.73 Å². The van der Waals surface area contributed by atoms with E-state index in [4.69, 9.17) is 5.73 Å². The molecule has 4 rings (SSSR count). The molecule has 1 heterocycles. The normalized spacial score (nSPS) is 44.3. The van der Waals surface area contributed by atoms with Gasteiger partial charge in [0.1, 0.15) is 5.92 Å². The van der Waals surface area contributed by atoms with Gasteiger partial charge < -0.3 is 15.5 Å². The molecule has 4 fully saturated rings. The minimum absolute atomic E-state index is 0.0729. The van der Waals surface area contributed by atoms with E-state index in [9.17, 15) is 14.4 Å². The Bertz CT molecular complexity index is 765. The summed E-state index contributed by atoms with van der Waals surface area (Å²) in [6.45, 7) is 10.4. The smallest absolute Gasteiger partial charge is 0.235 e. The number of amides is 3. The quantitative estimate of drug-likeness (QED) is 0.695. The van der Waals surface area contributed by atoms with Crippen molar-refractivity contribution >= 4 is 17.7 Å². The van der Waals surface area contributed by atoms with E-state index in [1.165, 1.54) is 0 Å². The fraction of sp³-hybridized carbons (Fsp3) is 0.880. The number of hydrogen-bond donors (Lipinski definition) is 1. The summed E-state index contributed by atoms with van der Waals surface area (Å²) < 4.78 is 0. The number of primary amides is 1. The predicted octanol–water partition coefficient (Wildman–Crippen LogP) is 3.05. The van der Waals surface area contributed by atoms with Crippen molar-refractivity contribution in [2.75, 3.05) is 20.1 Å². The van der Waals surface area contributed by atoms with E-state index in [2.05, 4.69) is 27.7 Å². The van der Waals surface area contributed by atoms with Gasteiger partial charge in [0.2, 0.25) is 17.7 Å². The molecule has 0 aromatic heterocycles. The van der Waals surface area contributed by atoms with Gasteiger partial charge in [0.05, 0.1) is 0 Å². The zero-order valence-electron chi connectivity index (χ0n) is 20.0. The lowest BCUT2D eigenvalue weighted by atomic mass is 9.46. The largest absolute Gasteiger partial charge is 0.369 e. The zero-order chi connectivity index (χ0) is 22.7. The van der Waals surface area contributed by atoms with Crippen LogP contribution in [0.4, 0.5) is 0 Å². The van der Waals surface area contributed by atoms with Crippen molar-refractivity contribution in [3.8, 4) is 0 Å².